The quantitative estimate of drug-likeness (QED) is 0.152. The van der Waals surface area contributed by atoms with Crippen LogP contribution in [0.5, 0.6) is 11.5 Å². The summed E-state index contributed by atoms with van der Waals surface area (Å²) in [5, 5.41) is 0. The first-order valence-electron chi connectivity index (χ1n) is 12.0. The molecule has 8 heteroatoms. The van der Waals surface area contributed by atoms with Crippen LogP contribution in [0, 0.1) is 0 Å². The Morgan fingerprint density at radius 1 is 0.583 bits per heavy atom. The lowest BCUT2D eigenvalue weighted by molar-refractivity contribution is 0.215. The van der Waals surface area contributed by atoms with E-state index in [0.29, 0.717) is 26.4 Å². The van der Waals surface area contributed by atoms with E-state index >= 15 is 0 Å². The first kappa shape index (κ1) is 26.6. The summed E-state index contributed by atoms with van der Waals surface area (Å²) in [6, 6.07) is 24.6. The van der Waals surface area contributed by atoms with Crippen molar-refractivity contribution in [2.75, 3.05) is 13.2 Å². The maximum Gasteiger partial charge on any atom is 0.319 e. The summed E-state index contributed by atoms with van der Waals surface area (Å²) in [5.74, 6) is 1.77. The molecule has 0 N–H and O–H groups in total. The molecule has 5 nitrogen and oxygen atoms in total. The summed E-state index contributed by atoms with van der Waals surface area (Å²) in [6.07, 6.45) is 1.69. The normalized spacial score (nSPS) is 11.2. The van der Waals surface area contributed by atoms with Gasteiger partial charge in [0, 0.05) is 32.4 Å². The van der Waals surface area contributed by atoms with E-state index in [-0.39, 0.29) is 0 Å². The Morgan fingerprint density at radius 2 is 0.972 bits per heavy atom. The van der Waals surface area contributed by atoms with Crippen LogP contribution in [0.1, 0.15) is 44.5 Å². The molecule has 2 aromatic heterocycles. The third kappa shape index (κ3) is 8.32. The van der Waals surface area contributed by atoms with Crippen molar-refractivity contribution in [1.82, 2.24) is 0 Å². The van der Waals surface area contributed by atoms with E-state index in [2.05, 4.69) is 36.4 Å². The second-order valence-electron chi connectivity index (χ2n) is 8.07. The Morgan fingerprint density at radius 3 is 1.36 bits per heavy atom. The summed E-state index contributed by atoms with van der Waals surface area (Å²) in [7, 11) is -2.57. The molecule has 36 heavy (non-hydrogen) atoms. The van der Waals surface area contributed by atoms with Crippen LogP contribution in [0.3, 0.4) is 0 Å². The van der Waals surface area contributed by atoms with Gasteiger partial charge in [0.1, 0.15) is 11.5 Å². The van der Waals surface area contributed by atoms with Gasteiger partial charge in [0.25, 0.3) is 0 Å². The van der Waals surface area contributed by atoms with Crippen LogP contribution in [-0.4, -0.2) is 13.2 Å². The van der Waals surface area contributed by atoms with Gasteiger partial charge in [-0.15, -0.1) is 22.7 Å². The second-order valence-corrected chi connectivity index (χ2v) is 11.7. The zero-order valence-corrected chi connectivity index (χ0v) is 23.2. The maximum atomic E-state index is 12.3. The van der Waals surface area contributed by atoms with E-state index in [1.807, 2.05) is 50.2 Å². The SMILES string of the molecule is CCOc1ccc(Cc2ccc(CO[PH](=O)OCc3ccc(Cc4ccc(OCC)cc4)s3)s2)cc1. The summed E-state index contributed by atoms with van der Waals surface area (Å²) < 4.78 is 34.3. The van der Waals surface area contributed by atoms with Crippen molar-refractivity contribution in [2.24, 2.45) is 0 Å². The first-order chi connectivity index (χ1) is 17.6. The van der Waals surface area contributed by atoms with Crippen LogP contribution in [0.15, 0.2) is 72.8 Å². The van der Waals surface area contributed by atoms with Gasteiger partial charge in [0.15, 0.2) is 0 Å². The predicted molar refractivity (Wildman–Crippen MR) is 148 cm³/mol. The fourth-order valence-corrected chi connectivity index (χ4v) is 6.40. The molecule has 190 valence electrons. The van der Waals surface area contributed by atoms with E-state index in [9.17, 15) is 4.57 Å². The molecule has 0 aliphatic heterocycles. The zero-order valence-electron chi connectivity index (χ0n) is 20.5. The molecule has 0 spiro atoms. The molecule has 0 bridgehead atoms. The Bertz CT molecular complexity index is 1140. The monoisotopic (exact) mass is 542 g/mol. The summed E-state index contributed by atoms with van der Waals surface area (Å²) in [4.78, 5) is 4.53. The highest BCUT2D eigenvalue weighted by Gasteiger charge is 2.08. The Hall–Kier alpha value is -2.41. The molecule has 0 saturated heterocycles. The lowest BCUT2D eigenvalue weighted by Gasteiger charge is -2.05. The van der Waals surface area contributed by atoms with Gasteiger partial charge in [-0.1, -0.05) is 24.3 Å². The Balaban J connectivity index is 1.18. The fourth-order valence-electron chi connectivity index (χ4n) is 3.63. The molecule has 0 aliphatic carbocycles. The standard InChI is InChI=1S/C28H31O5PS2/c1-3-30-23-9-5-21(6-10-23)17-25-13-15-27(35-25)19-32-34(29)33-20-28-16-14-26(36-28)18-22-7-11-24(12-8-22)31-4-2/h5-16,34H,3-4,17-20H2,1-2H3. The minimum Gasteiger partial charge on any atom is -0.494 e. The highest BCUT2D eigenvalue weighted by atomic mass is 32.1. The summed E-state index contributed by atoms with van der Waals surface area (Å²) in [6.45, 7) is 5.87. The number of hydrogen-bond acceptors (Lipinski definition) is 7. The van der Waals surface area contributed by atoms with Crippen molar-refractivity contribution in [3.8, 4) is 11.5 Å². The van der Waals surface area contributed by atoms with E-state index in [0.717, 1.165) is 34.1 Å². The van der Waals surface area contributed by atoms with Gasteiger partial charge < -0.3 is 18.5 Å². The van der Waals surface area contributed by atoms with Gasteiger partial charge in [0.2, 0.25) is 0 Å². The van der Waals surface area contributed by atoms with Gasteiger partial charge in [0.05, 0.1) is 26.4 Å². The molecule has 0 amide bonds. The Labute approximate surface area is 221 Å². The number of rotatable bonds is 14. The van der Waals surface area contributed by atoms with Crippen molar-refractivity contribution >= 4 is 30.9 Å². The van der Waals surface area contributed by atoms with Gasteiger partial charge in [-0.3, -0.25) is 4.57 Å². The van der Waals surface area contributed by atoms with Crippen LogP contribution in [0.4, 0.5) is 0 Å². The van der Waals surface area contributed by atoms with Crippen LogP contribution < -0.4 is 9.47 Å². The first-order valence-corrected chi connectivity index (χ1v) is 14.8. The van der Waals surface area contributed by atoms with E-state index in [4.69, 9.17) is 18.5 Å². The minimum absolute atomic E-state index is 0.291. The predicted octanol–water partition coefficient (Wildman–Crippen LogP) is 7.91. The number of thiophene rings is 2. The molecule has 4 rings (SSSR count). The number of benzene rings is 2. The van der Waals surface area contributed by atoms with Crippen LogP contribution >= 0.6 is 30.9 Å². The summed E-state index contributed by atoms with van der Waals surface area (Å²) in [5.41, 5.74) is 2.45. The molecule has 2 aromatic carbocycles. The van der Waals surface area contributed by atoms with Crippen LogP contribution in [0.2, 0.25) is 0 Å². The molecular formula is C28H31O5PS2. The third-order valence-corrected chi connectivity index (χ3v) is 8.20. The van der Waals surface area contributed by atoms with Gasteiger partial charge in [-0.25, -0.2) is 0 Å². The van der Waals surface area contributed by atoms with Gasteiger partial charge in [-0.2, -0.15) is 0 Å². The number of hydrogen-bond donors (Lipinski definition) is 0. The maximum absolute atomic E-state index is 12.3. The third-order valence-electron chi connectivity index (χ3n) is 5.32. The highest BCUT2D eigenvalue weighted by molar-refractivity contribution is 7.33. The highest BCUT2D eigenvalue weighted by Crippen LogP contribution is 2.31. The van der Waals surface area contributed by atoms with Gasteiger partial charge >= 0.3 is 8.25 Å². The average Bonchev–Trinajstić information content (AvgIpc) is 3.53. The van der Waals surface area contributed by atoms with E-state index < -0.39 is 8.25 Å². The average molecular weight is 543 g/mol. The largest absolute Gasteiger partial charge is 0.494 e. The number of ether oxygens (including phenoxy) is 2. The van der Waals surface area contributed by atoms with Gasteiger partial charge in [-0.05, 0) is 73.5 Å². The second kappa shape index (κ2) is 13.8. The molecule has 0 fully saturated rings. The molecule has 0 aliphatic rings. The molecule has 4 aromatic rings. The molecule has 0 unspecified atom stereocenters. The zero-order chi connectivity index (χ0) is 25.2. The van der Waals surface area contributed by atoms with Crippen molar-refractivity contribution in [3.05, 3.63) is 103 Å². The van der Waals surface area contributed by atoms with E-state index in [1.165, 1.54) is 20.9 Å². The molecule has 0 radical (unpaired) electrons. The summed E-state index contributed by atoms with van der Waals surface area (Å²) >= 11 is 3.33. The minimum atomic E-state index is -2.57. The smallest absolute Gasteiger partial charge is 0.319 e. The van der Waals surface area contributed by atoms with Crippen molar-refractivity contribution < 1.29 is 23.1 Å². The fraction of sp³-hybridized carbons (Fsp3) is 0.286. The molecular weight excluding hydrogens is 511 g/mol. The van der Waals surface area contributed by atoms with Crippen molar-refractivity contribution in [1.29, 1.82) is 0 Å². The topological polar surface area (TPSA) is 54.0 Å². The Kier molecular flexibility index (Phi) is 10.2. The van der Waals surface area contributed by atoms with Crippen LogP contribution in [0.25, 0.3) is 0 Å². The van der Waals surface area contributed by atoms with Crippen LogP contribution in [-0.2, 0) is 39.7 Å². The van der Waals surface area contributed by atoms with Crippen molar-refractivity contribution in [2.45, 2.75) is 39.9 Å². The molecule has 2 heterocycles. The molecule has 0 saturated carbocycles. The van der Waals surface area contributed by atoms with Crippen molar-refractivity contribution in [3.63, 3.8) is 0 Å². The van der Waals surface area contributed by atoms with E-state index in [1.54, 1.807) is 22.7 Å². The lowest BCUT2D eigenvalue weighted by Crippen LogP contribution is -1.91. The molecule has 0 atom stereocenters. The lowest BCUT2D eigenvalue weighted by atomic mass is 10.1.